The van der Waals surface area contributed by atoms with E-state index in [2.05, 4.69) is 31.3 Å². The fourth-order valence-corrected chi connectivity index (χ4v) is 3.06. The van der Waals surface area contributed by atoms with Gasteiger partial charge in [0.25, 0.3) is 0 Å². The van der Waals surface area contributed by atoms with E-state index < -0.39 is 0 Å². The first-order chi connectivity index (χ1) is 9.22. The van der Waals surface area contributed by atoms with Gasteiger partial charge in [-0.15, -0.1) is 0 Å². The van der Waals surface area contributed by atoms with Gasteiger partial charge in [0.1, 0.15) is 5.75 Å². The number of nitrogens with one attached hydrogen (secondary N) is 1. The second-order valence-electron chi connectivity index (χ2n) is 5.72. The van der Waals surface area contributed by atoms with Crippen molar-refractivity contribution >= 4 is 0 Å². The van der Waals surface area contributed by atoms with Crippen LogP contribution in [0.5, 0.6) is 5.75 Å². The Hall–Kier alpha value is -1.02. The van der Waals surface area contributed by atoms with E-state index in [-0.39, 0.29) is 0 Å². The number of aryl methyl sites for hydroxylation is 1. The van der Waals surface area contributed by atoms with Gasteiger partial charge in [-0.1, -0.05) is 18.9 Å². The smallest absolute Gasteiger partial charge is 0.122 e. The summed E-state index contributed by atoms with van der Waals surface area (Å²) in [7, 11) is 1.74. The summed E-state index contributed by atoms with van der Waals surface area (Å²) in [6, 6.07) is 5.11. The molecule has 2 rings (SSSR count). The summed E-state index contributed by atoms with van der Waals surface area (Å²) in [6.45, 7) is 5.50. The first-order valence-electron chi connectivity index (χ1n) is 7.59. The van der Waals surface area contributed by atoms with Crippen molar-refractivity contribution in [1.82, 2.24) is 5.32 Å². The molecule has 1 saturated carbocycles. The van der Waals surface area contributed by atoms with Crippen molar-refractivity contribution in [3.63, 3.8) is 0 Å². The van der Waals surface area contributed by atoms with Crippen LogP contribution in [-0.4, -0.2) is 19.7 Å². The van der Waals surface area contributed by atoms with Crippen molar-refractivity contribution in [1.29, 1.82) is 0 Å². The van der Waals surface area contributed by atoms with Gasteiger partial charge in [0, 0.05) is 6.04 Å². The Bertz CT molecular complexity index is 408. The summed E-state index contributed by atoms with van der Waals surface area (Å²) >= 11 is 0. The van der Waals surface area contributed by atoms with Crippen molar-refractivity contribution in [3.05, 3.63) is 28.8 Å². The Morgan fingerprint density at radius 3 is 2.58 bits per heavy atom. The van der Waals surface area contributed by atoms with E-state index in [0.29, 0.717) is 0 Å². The summed E-state index contributed by atoms with van der Waals surface area (Å²) in [6.07, 6.45) is 7.96. The predicted molar refractivity (Wildman–Crippen MR) is 81.0 cm³/mol. The maximum atomic E-state index is 5.36. The lowest BCUT2D eigenvalue weighted by Gasteiger charge is -2.14. The summed E-state index contributed by atoms with van der Waals surface area (Å²) < 4.78 is 5.36. The van der Waals surface area contributed by atoms with Gasteiger partial charge in [0.15, 0.2) is 0 Å². The average Bonchev–Trinajstić information content (AvgIpc) is 2.92. The molecular weight excluding hydrogens is 234 g/mol. The Morgan fingerprint density at radius 1 is 1.16 bits per heavy atom. The van der Waals surface area contributed by atoms with Gasteiger partial charge in [-0.25, -0.2) is 0 Å². The van der Waals surface area contributed by atoms with Crippen molar-refractivity contribution in [2.75, 3.05) is 13.7 Å². The van der Waals surface area contributed by atoms with Gasteiger partial charge in [-0.2, -0.15) is 0 Å². The first-order valence-corrected chi connectivity index (χ1v) is 7.59. The normalized spacial score (nSPS) is 15.9. The molecule has 1 aromatic carbocycles. The fraction of sp³-hybridized carbons (Fsp3) is 0.647. The number of ether oxygens (including phenoxy) is 1. The van der Waals surface area contributed by atoms with Gasteiger partial charge >= 0.3 is 0 Å². The zero-order valence-corrected chi connectivity index (χ0v) is 12.6. The number of rotatable bonds is 6. The molecule has 0 bridgehead atoms. The molecule has 19 heavy (non-hydrogen) atoms. The largest absolute Gasteiger partial charge is 0.496 e. The topological polar surface area (TPSA) is 21.3 Å². The maximum absolute atomic E-state index is 5.36. The molecule has 1 aliphatic rings. The van der Waals surface area contributed by atoms with Crippen LogP contribution in [-0.2, 0) is 6.42 Å². The molecule has 0 heterocycles. The minimum Gasteiger partial charge on any atom is -0.496 e. The standard InChI is InChI=1S/C17H27NO/c1-13-14(2)17(19-3)11-10-15(13)7-6-12-18-16-8-4-5-9-16/h10-11,16,18H,4-9,12H2,1-3H3. The third kappa shape index (κ3) is 3.73. The summed E-state index contributed by atoms with van der Waals surface area (Å²) in [5.74, 6) is 1.00. The maximum Gasteiger partial charge on any atom is 0.122 e. The van der Waals surface area contributed by atoms with E-state index >= 15 is 0 Å². The molecule has 1 N–H and O–H groups in total. The Morgan fingerprint density at radius 2 is 1.89 bits per heavy atom. The second-order valence-corrected chi connectivity index (χ2v) is 5.72. The van der Waals surface area contributed by atoms with Crippen LogP contribution in [0.3, 0.4) is 0 Å². The molecule has 2 nitrogen and oxygen atoms in total. The van der Waals surface area contributed by atoms with E-state index in [1.54, 1.807) is 7.11 Å². The summed E-state index contributed by atoms with van der Waals surface area (Å²) in [4.78, 5) is 0. The number of hydrogen-bond acceptors (Lipinski definition) is 2. The quantitative estimate of drug-likeness (QED) is 0.787. The second kappa shape index (κ2) is 6.95. The Labute approximate surface area is 117 Å². The van der Waals surface area contributed by atoms with Crippen LogP contribution in [0.2, 0.25) is 0 Å². The molecule has 0 aromatic heterocycles. The minimum absolute atomic E-state index is 0.790. The fourth-order valence-electron chi connectivity index (χ4n) is 3.06. The Balaban J connectivity index is 1.80. The SMILES string of the molecule is COc1ccc(CCCNC2CCCC2)c(C)c1C. The molecule has 106 valence electrons. The molecule has 2 heteroatoms. The average molecular weight is 261 g/mol. The first kappa shape index (κ1) is 14.4. The van der Waals surface area contributed by atoms with E-state index in [9.17, 15) is 0 Å². The summed E-state index contributed by atoms with van der Waals surface area (Å²) in [5, 5.41) is 3.68. The molecule has 0 saturated heterocycles. The molecule has 0 unspecified atom stereocenters. The van der Waals surface area contributed by atoms with Crippen LogP contribution in [0.25, 0.3) is 0 Å². The van der Waals surface area contributed by atoms with E-state index in [1.807, 2.05) is 0 Å². The highest BCUT2D eigenvalue weighted by Gasteiger charge is 2.13. The molecule has 0 atom stereocenters. The van der Waals surface area contributed by atoms with E-state index in [0.717, 1.165) is 24.8 Å². The van der Waals surface area contributed by atoms with Crippen molar-refractivity contribution in [3.8, 4) is 5.75 Å². The van der Waals surface area contributed by atoms with Crippen LogP contribution in [0.1, 0.15) is 48.8 Å². The lowest BCUT2D eigenvalue weighted by Crippen LogP contribution is -2.27. The van der Waals surface area contributed by atoms with Crippen LogP contribution in [0, 0.1) is 13.8 Å². The molecule has 0 spiro atoms. The highest BCUT2D eigenvalue weighted by molar-refractivity contribution is 5.43. The van der Waals surface area contributed by atoms with Gasteiger partial charge in [-0.05, 0) is 68.8 Å². The number of methoxy groups -OCH3 is 1. The van der Waals surface area contributed by atoms with Crippen LogP contribution in [0.15, 0.2) is 12.1 Å². The van der Waals surface area contributed by atoms with Gasteiger partial charge in [0.05, 0.1) is 7.11 Å². The third-order valence-corrected chi connectivity index (χ3v) is 4.48. The van der Waals surface area contributed by atoms with Crippen LogP contribution >= 0.6 is 0 Å². The van der Waals surface area contributed by atoms with E-state index in [1.165, 1.54) is 48.8 Å². The predicted octanol–water partition coefficient (Wildman–Crippen LogP) is 3.78. The molecule has 1 aromatic rings. The van der Waals surface area contributed by atoms with Crippen LogP contribution in [0.4, 0.5) is 0 Å². The molecule has 1 aliphatic carbocycles. The molecular formula is C17H27NO. The summed E-state index contributed by atoms with van der Waals surface area (Å²) in [5.41, 5.74) is 4.13. The highest BCUT2D eigenvalue weighted by atomic mass is 16.5. The monoisotopic (exact) mass is 261 g/mol. The zero-order chi connectivity index (χ0) is 13.7. The third-order valence-electron chi connectivity index (χ3n) is 4.48. The van der Waals surface area contributed by atoms with Crippen molar-refractivity contribution in [2.24, 2.45) is 0 Å². The van der Waals surface area contributed by atoms with E-state index in [4.69, 9.17) is 4.74 Å². The Kier molecular flexibility index (Phi) is 5.26. The lowest BCUT2D eigenvalue weighted by atomic mass is 9.99. The highest BCUT2D eigenvalue weighted by Crippen LogP contribution is 2.24. The van der Waals surface area contributed by atoms with Gasteiger partial charge in [-0.3, -0.25) is 0 Å². The van der Waals surface area contributed by atoms with Gasteiger partial charge < -0.3 is 10.1 Å². The van der Waals surface area contributed by atoms with Crippen molar-refractivity contribution < 1.29 is 4.74 Å². The molecule has 1 fully saturated rings. The van der Waals surface area contributed by atoms with Gasteiger partial charge in [0.2, 0.25) is 0 Å². The minimum atomic E-state index is 0.790. The lowest BCUT2D eigenvalue weighted by molar-refractivity contribution is 0.411. The van der Waals surface area contributed by atoms with Crippen molar-refractivity contribution in [2.45, 2.75) is 58.4 Å². The van der Waals surface area contributed by atoms with Crippen LogP contribution < -0.4 is 10.1 Å². The molecule has 0 radical (unpaired) electrons. The zero-order valence-electron chi connectivity index (χ0n) is 12.6. The number of hydrogen-bond donors (Lipinski definition) is 1. The molecule has 0 amide bonds. The number of benzene rings is 1. The molecule has 0 aliphatic heterocycles.